The zero-order valence-corrected chi connectivity index (χ0v) is 22.0. The molecule has 3 aromatic carbocycles. The summed E-state index contributed by atoms with van der Waals surface area (Å²) >= 11 is 0. The predicted octanol–water partition coefficient (Wildman–Crippen LogP) is 5.36. The molecule has 6 nitrogen and oxygen atoms in total. The van der Waals surface area contributed by atoms with Gasteiger partial charge in [0.05, 0.1) is 6.04 Å². The van der Waals surface area contributed by atoms with Crippen molar-refractivity contribution in [2.75, 3.05) is 47.9 Å². The summed E-state index contributed by atoms with van der Waals surface area (Å²) in [7, 11) is 2.15. The molecule has 1 fully saturated rings. The smallest absolute Gasteiger partial charge is 0.258 e. The highest BCUT2D eigenvalue weighted by Gasteiger charge is 2.38. The van der Waals surface area contributed by atoms with E-state index < -0.39 is 0 Å². The fraction of sp³-hybridized carbons (Fsp3) is 0.355. The monoisotopic (exact) mass is 496 g/mol. The number of anilines is 3. The maximum absolute atomic E-state index is 13.9. The number of nitrogens with zero attached hydrogens (tertiary/aromatic N) is 4. The van der Waals surface area contributed by atoms with Gasteiger partial charge in [-0.25, -0.2) is 0 Å². The average molecular weight is 497 g/mol. The van der Waals surface area contributed by atoms with Crippen LogP contribution in [0, 0.1) is 0 Å². The van der Waals surface area contributed by atoms with Gasteiger partial charge in [-0.2, -0.15) is 0 Å². The number of hydrogen-bond donors (Lipinski definition) is 0. The van der Waals surface area contributed by atoms with E-state index in [4.69, 9.17) is 0 Å². The molecule has 0 aliphatic carbocycles. The van der Waals surface area contributed by atoms with E-state index in [0.717, 1.165) is 48.8 Å². The van der Waals surface area contributed by atoms with Crippen molar-refractivity contribution in [3.63, 3.8) is 0 Å². The number of piperazine rings is 1. The zero-order valence-electron chi connectivity index (χ0n) is 22.0. The van der Waals surface area contributed by atoms with Crippen LogP contribution in [0.25, 0.3) is 0 Å². The van der Waals surface area contributed by atoms with E-state index in [9.17, 15) is 9.59 Å². The highest BCUT2D eigenvalue weighted by Crippen LogP contribution is 2.43. The number of rotatable bonds is 5. The van der Waals surface area contributed by atoms with Gasteiger partial charge in [0.25, 0.3) is 5.91 Å². The second kappa shape index (κ2) is 10.8. The maximum atomic E-state index is 13.9. The minimum Gasteiger partial charge on any atom is -0.369 e. The fourth-order valence-electron chi connectivity index (χ4n) is 5.61. The van der Waals surface area contributed by atoms with Gasteiger partial charge in [0.15, 0.2) is 0 Å². The normalized spacial score (nSPS) is 19.9. The number of hydrogen-bond acceptors (Lipinski definition) is 4. The van der Waals surface area contributed by atoms with Crippen LogP contribution in [0.1, 0.15) is 48.7 Å². The van der Waals surface area contributed by atoms with E-state index >= 15 is 0 Å². The molecule has 0 saturated carbocycles. The van der Waals surface area contributed by atoms with Crippen LogP contribution in [0.5, 0.6) is 0 Å². The molecule has 0 radical (unpaired) electrons. The largest absolute Gasteiger partial charge is 0.369 e. The molecule has 0 N–H and O–H groups in total. The molecule has 1 saturated heterocycles. The van der Waals surface area contributed by atoms with Crippen molar-refractivity contribution in [2.24, 2.45) is 0 Å². The Labute approximate surface area is 220 Å². The summed E-state index contributed by atoms with van der Waals surface area (Å²) in [5.41, 5.74) is 4.62. The van der Waals surface area contributed by atoms with Crippen molar-refractivity contribution in [1.29, 1.82) is 0 Å². The van der Waals surface area contributed by atoms with Crippen LogP contribution in [-0.4, -0.2) is 56.0 Å². The maximum Gasteiger partial charge on any atom is 0.258 e. The van der Waals surface area contributed by atoms with Crippen molar-refractivity contribution in [3.05, 3.63) is 90.0 Å². The molecule has 6 heteroatoms. The van der Waals surface area contributed by atoms with Crippen molar-refractivity contribution >= 4 is 28.9 Å². The topological polar surface area (TPSA) is 47.1 Å². The Hall–Kier alpha value is -3.64. The van der Waals surface area contributed by atoms with Crippen LogP contribution < -0.4 is 14.7 Å². The van der Waals surface area contributed by atoms with Gasteiger partial charge in [0.2, 0.25) is 5.91 Å². The molecule has 37 heavy (non-hydrogen) atoms. The third kappa shape index (κ3) is 4.98. The standard InChI is InChI=1S/C31H36N4O2/c1-4-30(36)35(26-10-6-5-7-11-26)29-22-23(2)34(28-13-9-8-12-27(28)29)31(37)24-14-16-25(17-15-24)33-20-18-32(3)19-21-33/h5-17,23,29H,4,18-22H2,1-3H3/t23-,29+/m1/s1. The highest BCUT2D eigenvalue weighted by atomic mass is 16.2. The minimum atomic E-state index is -0.135. The van der Waals surface area contributed by atoms with Gasteiger partial charge in [0.1, 0.15) is 0 Å². The molecule has 3 aromatic rings. The van der Waals surface area contributed by atoms with E-state index in [1.165, 1.54) is 0 Å². The molecule has 0 bridgehead atoms. The number of carbonyl (C=O) groups is 2. The summed E-state index contributed by atoms with van der Waals surface area (Å²) in [4.78, 5) is 35.6. The highest BCUT2D eigenvalue weighted by molar-refractivity contribution is 6.07. The summed E-state index contributed by atoms with van der Waals surface area (Å²) in [5.74, 6) is 0.0777. The number of likely N-dealkylation sites (N-methyl/N-ethyl adjacent to an activating group) is 1. The molecule has 192 valence electrons. The van der Waals surface area contributed by atoms with Gasteiger partial charge < -0.3 is 19.6 Å². The van der Waals surface area contributed by atoms with Gasteiger partial charge in [-0.1, -0.05) is 43.3 Å². The van der Waals surface area contributed by atoms with Crippen molar-refractivity contribution in [2.45, 2.75) is 38.8 Å². The molecular formula is C31H36N4O2. The number of benzene rings is 3. The SMILES string of the molecule is CCC(=O)N(c1ccccc1)[C@H]1C[C@@H](C)N(C(=O)c2ccc(N3CCN(C)CC3)cc2)c2ccccc21. The summed E-state index contributed by atoms with van der Waals surface area (Å²) in [6.45, 7) is 8.07. The lowest BCUT2D eigenvalue weighted by molar-refractivity contribution is -0.118. The van der Waals surface area contributed by atoms with Gasteiger partial charge in [-0.15, -0.1) is 0 Å². The Kier molecular flexibility index (Phi) is 7.28. The Morgan fingerprint density at radius 1 is 0.865 bits per heavy atom. The van der Waals surface area contributed by atoms with E-state index in [1.807, 2.05) is 77.4 Å². The van der Waals surface area contributed by atoms with E-state index in [0.29, 0.717) is 18.4 Å². The predicted molar refractivity (Wildman–Crippen MR) is 150 cm³/mol. The lowest BCUT2D eigenvalue weighted by atomic mass is 9.89. The van der Waals surface area contributed by atoms with Crippen molar-refractivity contribution in [3.8, 4) is 0 Å². The molecule has 0 unspecified atom stereocenters. The Balaban J connectivity index is 1.45. The van der Waals surface area contributed by atoms with Crippen LogP contribution in [-0.2, 0) is 4.79 Å². The lowest BCUT2D eigenvalue weighted by Gasteiger charge is -2.43. The second-order valence-corrected chi connectivity index (χ2v) is 10.1. The van der Waals surface area contributed by atoms with E-state index in [1.54, 1.807) is 0 Å². The number of carbonyl (C=O) groups excluding carboxylic acids is 2. The van der Waals surface area contributed by atoms with Gasteiger partial charge in [0, 0.05) is 61.3 Å². The number of fused-ring (bicyclic) bond motifs is 1. The van der Waals surface area contributed by atoms with Crippen LogP contribution in [0.3, 0.4) is 0 Å². The first-order valence-electron chi connectivity index (χ1n) is 13.3. The van der Waals surface area contributed by atoms with Crippen LogP contribution >= 0.6 is 0 Å². The van der Waals surface area contributed by atoms with Gasteiger partial charge in [-0.3, -0.25) is 9.59 Å². The summed E-state index contributed by atoms with van der Waals surface area (Å²) in [6, 6.07) is 25.7. The van der Waals surface area contributed by atoms with E-state index in [2.05, 4.69) is 42.0 Å². The number of para-hydroxylation sites is 2. The van der Waals surface area contributed by atoms with Gasteiger partial charge in [-0.05, 0) is 68.4 Å². The first-order valence-corrected chi connectivity index (χ1v) is 13.3. The number of amides is 2. The third-order valence-electron chi connectivity index (χ3n) is 7.68. The molecule has 0 spiro atoms. The Bertz CT molecular complexity index is 1240. The molecule has 2 amide bonds. The molecule has 2 heterocycles. The van der Waals surface area contributed by atoms with Crippen molar-refractivity contribution in [1.82, 2.24) is 4.90 Å². The minimum absolute atomic E-state index is 0.00333. The molecule has 2 atom stereocenters. The lowest BCUT2D eigenvalue weighted by Crippen LogP contribution is -2.47. The Morgan fingerprint density at radius 2 is 1.51 bits per heavy atom. The summed E-state index contributed by atoms with van der Waals surface area (Å²) in [6.07, 6.45) is 1.09. The van der Waals surface area contributed by atoms with Crippen LogP contribution in [0.4, 0.5) is 17.1 Å². The first-order chi connectivity index (χ1) is 18.0. The molecule has 2 aliphatic heterocycles. The molecule has 0 aromatic heterocycles. The zero-order chi connectivity index (χ0) is 25.9. The fourth-order valence-corrected chi connectivity index (χ4v) is 5.61. The van der Waals surface area contributed by atoms with Crippen LogP contribution in [0.15, 0.2) is 78.9 Å². The second-order valence-electron chi connectivity index (χ2n) is 10.1. The van der Waals surface area contributed by atoms with Gasteiger partial charge >= 0.3 is 0 Å². The third-order valence-corrected chi connectivity index (χ3v) is 7.68. The summed E-state index contributed by atoms with van der Waals surface area (Å²) in [5, 5.41) is 0. The summed E-state index contributed by atoms with van der Waals surface area (Å²) < 4.78 is 0. The molecule has 5 rings (SSSR count). The van der Waals surface area contributed by atoms with Crippen LogP contribution in [0.2, 0.25) is 0 Å². The van der Waals surface area contributed by atoms with Crippen molar-refractivity contribution < 1.29 is 9.59 Å². The Morgan fingerprint density at radius 3 is 2.19 bits per heavy atom. The quantitative estimate of drug-likeness (QED) is 0.477. The molecule has 2 aliphatic rings. The molecular weight excluding hydrogens is 460 g/mol. The van der Waals surface area contributed by atoms with E-state index in [-0.39, 0.29) is 23.9 Å². The average Bonchev–Trinajstić information content (AvgIpc) is 2.94. The first kappa shape index (κ1) is 25.0.